The first-order valence-electron chi connectivity index (χ1n) is 10.4. The highest BCUT2D eigenvalue weighted by molar-refractivity contribution is 5.94. The number of hydrogen-bond donors (Lipinski definition) is 1. The molecule has 0 aliphatic carbocycles. The first kappa shape index (κ1) is 22.5. The van der Waals surface area contributed by atoms with E-state index in [9.17, 15) is 18.8 Å². The van der Waals surface area contributed by atoms with E-state index in [0.717, 1.165) is 5.56 Å². The molecule has 3 rings (SSSR count). The number of piperidine rings is 1. The number of carbonyl (C=O) groups is 3. The molecular formula is C24H27FN2O4. The SMILES string of the molecule is CC(=O)c1cccc(OCC(=O)N2CCC(C(=O)NCc3ccc(C)c(F)c3)CC2)c1. The molecule has 0 radical (unpaired) electrons. The number of halogens is 1. The summed E-state index contributed by atoms with van der Waals surface area (Å²) in [6.07, 6.45) is 1.14. The van der Waals surface area contributed by atoms with Crippen LogP contribution in [0.1, 0.15) is 41.3 Å². The van der Waals surface area contributed by atoms with E-state index >= 15 is 0 Å². The van der Waals surface area contributed by atoms with E-state index < -0.39 is 0 Å². The van der Waals surface area contributed by atoms with E-state index in [2.05, 4.69) is 5.32 Å². The summed E-state index contributed by atoms with van der Waals surface area (Å²) in [5, 5.41) is 2.86. The number of nitrogens with one attached hydrogen (secondary N) is 1. The van der Waals surface area contributed by atoms with Gasteiger partial charge in [0.2, 0.25) is 5.91 Å². The molecule has 1 aliphatic heterocycles. The van der Waals surface area contributed by atoms with E-state index in [1.54, 1.807) is 48.2 Å². The first-order valence-corrected chi connectivity index (χ1v) is 10.4. The van der Waals surface area contributed by atoms with E-state index in [1.165, 1.54) is 13.0 Å². The summed E-state index contributed by atoms with van der Waals surface area (Å²) >= 11 is 0. The van der Waals surface area contributed by atoms with Crippen molar-refractivity contribution < 1.29 is 23.5 Å². The second-order valence-electron chi connectivity index (χ2n) is 7.83. The molecule has 1 N–H and O–H groups in total. The number of ketones is 1. The van der Waals surface area contributed by atoms with Crippen LogP contribution in [0.25, 0.3) is 0 Å². The number of likely N-dealkylation sites (tertiary alicyclic amines) is 1. The molecule has 0 bridgehead atoms. The molecule has 0 unspecified atom stereocenters. The van der Waals surface area contributed by atoms with Crippen LogP contribution in [-0.4, -0.2) is 42.2 Å². The van der Waals surface area contributed by atoms with Crippen molar-refractivity contribution in [3.8, 4) is 5.75 Å². The van der Waals surface area contributed by atoms with Crippen molar-refractivity contribution in [1.29, 1.82) is 0 Å². The fraction of sp³-hybridized carbons (Fsp3) is 0.375. The van der Waals surface area contributed by atoms with Crippen LogP contribution in [0, 0.1) is 18.7 Å². The number of Topliss-reactive ketones (excluding diaryl/α,β-unsaturated/α-hetero) is 1. The van der Waals surface area contributed by atoms with Gasteiger partial charge in [-0.15, -0.1) is 0 Å². The Kier molecular flexibility index (Phi) is 7.39. The van der Waals surface area contributed by atoms with Crippen LogP contribution >= 0.6 is 0 Å². The van der Waals surface area contributed by atoms with Crippen molar-refractivity contribution in [3.63, 3.8) is 0 Å². The fourth-order valence-corrected chi connectivity index (χ4v) is 3.51. The number of aryl methyl sites for hydroxylation is 1. The van der Waals surface area contributed by atoms with E-state index in [4.69, 9.17) is 4.74 Å². The van der Waals surface area contributed by atoms with Gasteiger partial charge < -0.3 is 15.0 Å². The van der Waals surface area contributed by atoms with E-state index in [1.807, 2.05) is 0 Å². The molecule has 1 saturated heterocycles. The van der Waals surface area contributed by atoms with Crippen LogP contribution < -0.4 is 10.1 Å². The standard InChI is InChI=1S/C24H27FN2O4/c1-16-6-7-18(12-22(16)25)14-26-24(30)19-8-10-27(11-9-19)23(29)15-31-21-5-3-4-20(13-21)17(2)28/h3-7,12-13,19H,8-11,14-15H2,1-2H3,(H,26,30). The van der Waals surface area contributed by atoms with Gasteiger partial charge in [-0.05, 0) is 56.0 Å². The molecule has 7 heteroatoms. The Hall–Kier alpha value is -3.22. The van der Waals surface area contributed by atoms with E-state index in [-0.39, 0.29) is 42.5 Å². The van der Waals surface area contributed by atoms with Gasteiger partial charge in [0.25, 0.3) is 5.91 Å². The van der Waals surface area contributed by atoms with Crippen LogP contribution in [0.5, 0.6) is 5.75 Å². The molecule has 0 atom stereocenters. The van der Waals surface area contributed by atoms with Crippen molar-refractivity contribution in [3.05, 3.63) is 65.0 Å². The first-order chi connectivity index (χ1) is 14.8. The number of carbonyl (C=O) groups excluding carboxylic acids is 3. The second-order valence-corrected chi connectivity index (χ2v) is 7.83. The van der Waals surface area contributed by atoms with Crippen molar-refractivity contribution >= 4 is 17.6 Å². The summed E-state index contributed by atoms with van der Waals surface area (Å²) in [5.74, 6) is -0.276. The monoisotopic (exact) mass is 426 g/mol. The average molecular weight is 426 g/mol. The number of ether oxygens (including phenoxy) is 1. The zero-order valence-corrected chi connectivity index (χ0v) is 17.8. The van der Waals surface area contributed by atoms with Gasteiger partial charge in [-0.1, -0.05) is 24.3 Å². The van der Waals surface area contributed by atoms with Crippen LogP contribution in [0.4, 0.5) is 4.39 Å². The highest BCUT2D eigenvalue weighted by Crippen LogP contribution is 2.19. The minimum Gasteiger partial charge on any atom is -0.484 e. The van der Waals surface area contributed by atoms with Gasteiger partial charge in [0.15, 0.2) is 12.4 Å². The number of nitrogens with zero attached hydrogens (tertiary/aromatic N) is 1. The summed E-state index contributed by atoms with van der Waals surface area (Å²) in [6, 6.07) is 11.7. The maximum atomic E-state index is 13.6. The van der Waals surface area contributed by atoms with Gasteiger partial charge in [0.05, 0.1) is 0 Å². The van der Waals surface area contributed by atoms with Crippen LogP contribution in [0.15, 0.2) is 42.5 Å². The molecule has 1 fully saturated rings. The minimum absolute atomic E-state index is 0.0651. The van der Waals surface area contributed by atoms with Crippen LogP contribution in [0.3, 0.4) is 0 Å². The number of amides is 2. The third-order valence-electron chi connectivity index (χ3n) is 5.52. The Morgan fingerprint density at radius 2 is 1.87 bits per heavy atom. The second kappa shape index (κ2) is 10.2. The summed E-state index contributed by atoms with van der Waals surface area (Å²) < 4.78 is 19.2. The zero-order valence-electron chi connectivity index (χ0n) is 17.8. The molecule has 2 aromatic carbocycles. The van der Waals surface area contributed by atoms with Crippen molar-refractivity contribution in [2.24, 2.45) is 5.92 Å². The summed E-state index contributed by atoms with van der Waals surface area (Å²) in [4.78, 5) is 38.0. The lowest BCUT2D eigenvalue weighted by Gasteiger charge is -2.31. The van der Waals surface area contributed by atoms with Gasteiger partial charge >= 0.3 is 0 Å². The molecule has 0 aromatic heterocycles. The maximum Gasteiger partial charge on any atom is 0.260 e. The summed E-state index contributed by atoms with van der Waals surface area (Å²) in [5.41, 5.74) is 1.82. The Bertz CT molecular complexity index is 968. The topological polar surface area (TPSA) is 75.7 Å². The van der Waals surface area contributed by atoms with Crippen molar-refractivity contribution in [1.82, 2.24) is 10.2 Å². The smallest absolute Gasteiger partial charge is 0.260 e. The summed E-state index contributed by atoms with van der Waals surface area (Å²) in [6.45, 7) is 4.30. The lowest BCUT2D eigenvalue weighted by atomic mass is 9.95. The predicted octanol–water partition coefficient (Wildman–Crippen LogP) is 3.27. The van der Waals surface area contributed by atoms with Crippen molar-refractivity contribution in [2.75, 3.05) is 19.7 Å². The van der Waals surface area contributed by atoms with Crippen LogP contribution in [-0.2, 0) is 16.1 Å². The number of benzene rings is 2. The fourth-order valence-electron chi connectivity index (χ4n) is 3.51. The van der Waals surface area contributed by atoms with Gasteiger partial charge in [0.1, 0.15) is 11.6 Å². The Balaban J connectivity index is 1.42. The van der Waals surface area contributed by atoms with Gasteiger partial charge in [-0.3, -0.25) is 14.4 Å². The highest BCUT2D eigenvalue weighted by atomic mass is 19.1. The average Bonchev–Trinajstić information content (AvgIpc) is 2.78. The minimum atomic E-state index is -0.284. The quantitative estimate of drug-likeness (QED) is 0.690. The Labute approximate surface area is 181 Å². The molecule has 0 saturated carbocycles. The zero-order chi connectivity index (χ0) is 22.4. The lowest BCUT2D eigenvalue weighted by Crippen LogP contribution is -2.44. The number of hydrogen-bond acceptors (Lipinski definition) is 4. The van der Waals surface area contributed by atoms with E-state index in [0.29, 0.717) is 42.8 Å². The van der Waals surface area contributed by atoms with Gasteiger partial charge in [-0.25, -0.2) is 4.39 Å². The predicted molar refractivity (Wildman–Crippen MR) is 114 cm³/mol. The molecule has 2 amide bonds. The molecule has 164 valence electrons. The van der Waals surface area contributed by atoms with Crippen LogP contribution in [0.2, 0.25) is 0 Å². The molecular weight excluding hydrogens is 399 g/mol. The Morgan fingerprint density at radius 1 is 1.13 bits per heavy atom. The third kappa shape index (κ3) is 6.13. The molecule has 1 heterocycles. The maximum absolute atomic E-state index is 13.6. The third-order valence-corrected chi connectivity index (χ3v) is 5.52. The molecule has 2 aromatic rings. The molecule has 0 spiro atoms. The number of rotatable bonds is 7. The highest BCUT2D eigenvalue weighted by Gasteiger charge is 2.27. The van der Waals surface area contributed by atoms with Gasteiger partial charge in [0, 0.05) is 31.1 Å². The Morgan fingerprint density at radius 3 is 2.55 bits per heavy atom. The van der Waals surface area contributed by atoms with Gasteiger partial charge in [-0.2, -0.15) is 0 Å². The lowest BCUT2D eigenvalue weighted by molar-refractivity contribution is -0.137. The molecule has 1 aliphatic rings. The van der Waals surface area contributed by atoms with Crippen molar-refractivity contribution in [2.45, 2.75) is 33.2 Å². The molecule has 31 heavy (non-hydrogen) atoms. The molecule has 6 nitrogen and oxygen atoms in total. The summed E-state index contributed by atoms with van der Waals surface area (Å²) in [7, 11) is 0. The normalized spacial score (nSPS) is 14.2. The largest absolute Gasteiger partial charge is 0.484 e.